The van der Waals surface area contributed by atoms with E-state index in [9.17, 15) is 0 Å². The predicted molar refractivity (Wildman–Crippen MR) is 61.0 cm³/mol. The average Bonchev–Trinajstić information content (AvgIpc) is 2.53. The number of anilines is 1. The van der Waals surface area contributed by atoms with Gasteiger partial charge in [0.2, 0.25) is 0 Å². The van der Waals surface area contributed by atoms with E-state index < -0.39 is 0 Å². The molecule has 2 rings (SSSR count). The van der Waals surface area contributed by atoms with E-state index in [0.717, 1.165) is 12.4 Å². The van der Waals surface area contributed by atoms with Gasteiger partial charge < -0.3 is 11.1 Å². The number of nitrogens with zero attached hydrogens (tertiary/aromatic N) is 2. The van der Waals surface area contributed by atoms with Crippen molar-refractivity contribution in [2.75, 3.05) is 18.4 Å². The highest BCUT2D eigenvalue weighted by Crippen LogP contribution is 2.42. The van der Waals surface area contributed by atoms with Crippen LogP contribution >= 0.6 is 0 Å². The molecule has 0 amide bonds. The molecule has 0 radical (unpaired) electrons. The lowest BCUT2D eigenvalue weighted by atomic mass is 10.1. The topological polar surface area (TPSA) is 63.8 Å². The fourth-order valence-electron chi connectivity index (χ4n) is 2.38. The number of aromatic nitrogens is 2. The first-order valence-electron chi connectivity index (χ1n) is 5.52. The van der Waals surface area contributed by atoms with Crippen LogP contribution in [0.3, 0.4) is 0 Å². The van der Waals surface area contributed by atoms with Crippen molar-refractivity contribution in [2.24, 2.45) is 5.73 Å². The molecule has 0 spiro atoms. The number of rotatable bonds is 3. The highest BCUT2D eigenvalue weighted by atomic mass is 15.0. The number of nitrogens with two attached hydrogens (primary N) is 1. The molecule has 15 heavy (non-hydrogen) atoms. The third-order valence-corrected chi connectivity index (χ3v) is 3.02. The van der Waals surface area contributed by atoms with E-state index in [1.165, 1.54) is 17.7 Å². The minimum atomic E-state index is 0.552. The quantitative estimate of drug-likeness (QED) is 0.786. The summed E-state index contributed by atoms with van der Waals surface area (Å²) in [7, 11) is 0. The lowest BCUT2D eigenvalue weighted by molar-refractivity contribution is 0.655. The monoisotopic (exact) mass is 206 g/mol. The first-order chi connectivity index (χ1) is 7.24. The molecular formula is C11H18N4. The summed E-state index contributed by atoms with van der Waals surface area (Å²) in [5.41, 5.74) is 7.97. The number of hydrogen-bond acceptors (Lipinski definition) is 4. The number of nitrogens with one attached hydrogen (secondary N) is 1. The molecule has 0 unspecified atom stereocenters. The van der Waals surface area contributed by atoms with E-state index in [1.54, 1.807) is 6.33 Å². The van der Waals surface area contributed by atoms with Crippen molar-refractivity contribution in [2.45, 2.75) is 32.1 Å². The molecule has 0 aliphatic heterocycles. The first-order valence-corrected chi connectivity index (χ1v) is 5.52. The fraction of sp³-hybridized carbons (Fsp3) is 0.636. The van der Waals surface area contributed by atoms with Crippen LogP contribution in [0.25, 0.3) is 0 Å². The van der Waals surface area contributed by atoms with Crippen molar-refractivity contribution in [3.63, 3.8) is 0 Å². The SMILES string of the molecule is C[C@@H]1C[C@H](C)c2ncnc(NCCN)c21. The fourth-order valence-corrected chi connectivity index (χ4v) is 2.38. The zero-order valence-electron chi connectivity index (χ0n) is 9.33. The van der Waals surface area contributed by atoms with Gasteiger partial charge in [-0.05, 0) is 18.3 Å². The van der Waals surface area contributed by atoms with Gasteiger partial charge in [0.1, 0.15) is 12.1 Å². The molecule has 1 heterocycles. The van der Waals surface area contributed by atoms with Crippen LogP contribution in [0.5, 0.6) is 0 Å². The van der Waals surface area contributed by atoms with Gasteiger partial charge in [-0.15, -0.1) is 0 Å². The summed E-state index contributed by atoms with van der Waals surface area (Å²) >= 11 is 0. The van der Waals surface area contributed by atoms with Crippen molar-refractivity contribution in [3.05, 3.63) is 17.6 Å². The van der Waals surface area contributed by atoms with Crippen molar-refractivity contribution >= 4 is 5.82 Å². The van der Waals surface area contributed by atoms with Gasteiger partial charge in [0.05, 0.1) is 5.69 Å². The van der Waals surface area contributed by atoms with E-state index >= 15 is 0 Å². The zero-order chi connectivity index (χ0) is 10.8. The van der Waals surface area contributed by atoms with E-state index in [-0.39, 0.29) is 0 Å². The maximum Gasteiger partial charge on any atom is 0.133 e. The first kappa shape index (κ1) is 10.4. The van der Waals surface area contributed by atoms with Gasteiger partial charge in [-0.25, -0.2) is 9.97 Å². The third kappa shape index (κ3) is 1.81. The lowest BCUT2D eigenvalue weighted by Crippen LogP contribution is -2.15. The Morgan fingerprint density at radius 1 is 1.40 bits per heavy atom. The second-order valence-corrected chi connectivity index (χ2v) is 4.27. The molecule has 0 bridgehead atoms. The Hall–Kier alpha value is -1.16. The van der Waals surface area contributed by atoms with E-state index in [1.807, 2.05) is 0 Å². The Balaban J connectivity index is 2.33. The van der Waals surface area contributed by atoms with Crippen LogP contribution in [0.4, 0.5) is 5.82 Å². The minimum Gasteiger partial charge on any atom is -0.368 e. The molecular weight excluding hydrogens is 188 g/mol. The summed E-state index contributed by atoms with van der Waals surface area (Å²) in [6.07, 6.45) is 2.82. The summed E-state index contributed by atoms with van der Waals surface area (Å²) in [6.45, 7) is 5.86. The smallest absolute Gasteiger partial charge is 0.133 e. The summed E-state index contributed by atoms with van der Waals surface area (Å²) in [4.78, 5) is 8.67. The van der Waals surface area contributed by atoms with Gasteiger partial charge in [0.25, 0.3) is 0 Å². The molecule has 3 N–H and O–H groups in total. The normalized spacial score (nSPS) is 23.9. The Kier molecular flexibility index (Phi) is 2.86. The third-order valence-electron chi connectivity index (χ3n) is 3.02. The molecule has 0 saturated heterocycles. The van der Waals surface area contributed by atoms with Crippen LogP contribution in [0.1, 0.15) is 43.4 Å². The van der Waals surface area contributed by atoms with Crippen molar-refractivity contribution in [1.29, 1.82) is 0 Å². The second-order valence-electron chi connectivity index (χ2n) is 4.27. The van der Waals surface area contributed by atoms with Crippen LogP contribution in [-0.4, -0.2) is 23.1 Å². The Morgan fingerprint density at radius 3 is 2.93 bits per heavy atom. The number of fused-ring (bicyclic) bond motifs is 1. The molecule has 1 aromatic rings. The molecule has 0 saturated carbocycles. The van der Waals surface area contributed by atoms with Gasteiger partial charge in [-0.1, -0.05) is 13.8 Å². The molecule has 1 aromatic heterocycles. The highest BCUT2D eigenvalue weighted by molar-refractivity contribution is 5.51. The van der Waals surface area contributed by atoms with Crippen LogP contribution < -0.4 is 11.1 Å². The van der Waals surface area contributed by atoms with Crippen LogP contribution in [-0.2, 0) is 0 Å². The second kappa shape index (κ2) is 4.14. The average molecular weight is 206 g/mol. The highest BCUT2D eigenvalue weighted by Gasteiger charge is 2.29. The number of hydrogen-bond donors (Lipinski definition) is 2. The van der Waals surface area contributed by atoms with Crippen molar-refractivity contribution in [1.82, 2.24) is 9.97 Å². The molecule has 1 aliphatic carbocycles. The summed E-state index contributed by atoms with van der Waals surface area (Å²) in [5.74, 6) is 2.08. The van der Waals surface area contributed by atoms with Crippen molar-refractivity contribution < 1.29 is 0 Å². The standard InChI is InChI=1S/C11H18N4/c1-7-5-8(2)10-9(7)11(13-4-3-12)15-6-14-10/h6-8H,3-5,12H2,1-2H3,(H,13,14,15)/t7-,8+/m1/s1. The van der Waals surface area contributed by atoms with Crippen molar-refractivity contribution in [3.8, 4) is 0 Å². The zero-order valence-corrected chi connectivity index (χ0v) is 9.33. The largest absolute Gasteiger partial charge is 0.368 e. The molecule has 82 valence electrons. The maximum atomic E-state index is 5.48. The molecule has 2 atom stereocenters. The van der Waals surface area contributed by atoms with Gasteiger partial charge >= 0.3 is 0 Å². The summed E-state index contributed by atoms with van der Waals surface area (Å²) in [6, 6.07) is 0. The Morgan fingerprint density at radius 2 is 2.20 bits per heavy atom. The summed E-state index contributed by atoms with van der Waals surface area (Å²) in [5, 5.41) is 3.27. The van der Waals surface area contributed by atoms with E-state index in [2.05, 4.69) is 29.1 Å². The molecule has 0 fully saturated rings. The van der Waals surface area contributed by atoms with Crippen LogP contribution in [0.15, 0.2) is 6.33 Å². The van der Waals surface area contributed by atoms with Gasteiger partial charge in [-0.2, -0.15) is 0 Å². The van der Waals surface area contributed by atoms with Gasteiger partial charge in [0.15, 0.2) is 0 Å². The van der Waals surface area contributed by atoms with Crippen LogP contribution in [0, 0.1) is 0 Å². The molecule has 1 aliphatic rings. The minimum absolute atomic E-state index is 0.552. The molecule has 4 nitrogen and oxygen atoms in total. The van der Waals surface area contributed by atoms with Crippen LogP contribution in [0.2, 0.25) is 0 Å². The Bertz CT molecular complexity index is 350. The maximum absolute atomic E-state index is 5.48. The predicted octanol–water partition coefficient (Wildman–Crippen LogP) is 1.46. The summed E-state index contributed by atoms with van der Waals surface area (Å²) < 4.78 is 0. The lowest BCUT2D eigenvalue weighted by Gasteiger charge is -2.11. The van der Waals surface area contributed by atoms with Gasteiger partial charge in [-0.3, -0.25) is 0 Å². The van der Waals surface area contributed by atoms with E-state index in [4.69, 9.17) is 5.73 Å². The molecule has 4 heteroatoms. The van der Waals surface area contributed by atoms with E-state index in [0.29, 0.717) is 18.4 Å². The van der Waals surface area contributed by atoms with Gasteiger partial charge in [0, 0.05) is 18.7 Å². The Labute approximate surface area is 90.3 Å². The molecule has 0 aromatic carbocycles.